The Morgan fingerprint density at radius 1 is 0.581 bits per heavy atom. The molecule has 43 heavy (non-hydrogen) atoms. The van der Waals surface area contributed by atoms with Gasteiger partial charge in [-0.25, -0.2) is 8.42 Å². The minimum atomic E-state index is -3.77. The fraction of sp³-hybridized carbons (Fsp3) is 0. The smallest absolute Gasteiger partial charge is 0.206 e. The molecule has 0 bridgehead atoms. The summed E-state index contributed by atoms with van der Waals surface area (Å²) in [6, 6.07) is 41.3. The van der Waals surface area contributed by atoms with Crippen molar-refractivity contribution in [1.82, 2.24) is 19.3 Å². The molecule has 0 N–H and O–H groups in total. The fourth-order valence-corrected chi connectivity index (χ4v) is 7.19. The van der Waals surface area contributed by atoms with Gasteiger partial charge in [0.15, 0.2) is 5.65 Å². The first kappa shape index (κ1) is 25.0. The van der Waals surface area contributed by atoms with Gasteiger partial charge in [-0.3, -0.25) is 4.57 Å². The van der Waals surface area contributed by atoms with Crippen molar-refractivity contribution in [3.63, 3.8) is 0 Å². The lowest BCUT2D eigenvalue weighted by molar-refractivity contribution is 0.596. The van der Waals surface area contributed by atoms with Gasteiger partial charge in [0, 0.05) is 22.1 Å². The molecule has 0 atom stereocenters. The summed E-state index contributed by atoms with van der Waals surface area (Å²) in [7, 11) is -3.77. The van der Waals surface area contributed by atoms with E-state index in [0.717, 1.165) is 55.2 Å². The Labute approximate surface area is 246 Å². The van der Waals surface area contributed by atoms with Crippen LogP contribution in [0, 0.1) is 11.3 Å². The molecule has 0 amide bonds. The molecule has 0 aliphatic carbocycles. The van der Waals surface area contributed by atoms with Crippen molar-refractivity contribution in [2.24, 2.45) is 0 Å². The largest absolute Gasteiger partial charge is 0.307 e. The Balaban J connectivity index is 1.40. The van der Waals surface area contributed by atoms with Crippen LogP contribution in [0.5, 0.6) is 0 Å². The molecule has 0 fully saturated rings. The Morgan fingerprint density at radius 3 is 1.81 bits per heavy atom. The van der Waals surface area contributed by atoms with E-state index >= 15 is 0 Å². The summed E-state index contributed by atoms with van der Waals surface area (Å²) in [6.45, 7) is 0. The highest BCUT2D eigenvalue weighted by atomic mass is 32.2. The second-order valence-corrected chi connectivity index (χ2v) is 12.2. The van der Waals surface area contributed by atoms with Crippen molar-refractivity contribution in [2.75, 3.05) is 0 Å². The molecule has 3 aromatic heterocycles. The molecule has 0 saturated heterocycles. The zero-order chi connectivity index (χ0) is 29.1. The van der Waals surface area contributed by atoms with Crippen LogP contribution in [0.1, 0.15) is 5.56 Å². The van der Waals surface area contributed by atoms with Crippen LogP contribution in [0.25, 0.3) is 55.2 Å². The van der Waals surface area contributed by atoms with Gasteiger partial charge in [-0.05, 0) is 72.8 Å². The molecular formula is C35H21N5O2S. The van der Waals surface area contributed by atoms with Gasteiger partial charge in [-0.15, -0.1) is 10.2 Å². The molecular weight excluding hydrogens is 554 g/mol. The summed E-state index contributed by atoms with van der Waals surface area (Å²) in [5.74, 6) is 0. The standard InChI is InChI=1S/C35H21N5O2S/c36-22-23-14-18-26(19-15-23)43(41,42)27-20-16-25(17-21-27)39-31-13-7-5-11-29(31)33-34(39)32-28-10-4-6-12-30(28)40(35(32)38-37-33)24-8-2-1-3-9-24/h1-21H. The van der Waals surface area contributed by atoms with E-state index in [0.29, 0.717) is 5.56 Å². The van der Waals surface area contributed by atoms with Gasteiger partial charge in [0.1, 0.15) is 5.52 Å². The van der Waals surface area contributed by atoms with Gasteiger partial charge in [0.2, 0.25) is 9.84 Å². The van der Waals surface area contributed by atoms with E-state index in [4.69, 9.17) is 15.5 Å². The number of para-hydroxylation sites is 3. The SMILES string of the molecule is N#Cc1ccc(S(=O)(=O)c2ccc(-n3c4ccccc4c4nnc5c(c6ccccc6n5-c5ccccc5)c43)cc2)cc1. The molecule has 204 valence electrons. The predicted octanol–water partition coefficient (Wildman–Crippen LogP) is 7.38. The van der Waals surface area contributed by atoms with E-state index in [-0.39, 0.29) is 9.79 Å². The molecule has 5 aromatic carbocycles. The summed E-state index contributed by atoms with van der Waals surface area (Å²) in [5.41, 5.74) is 6.57. The first-order chi connectivity index (χ1) is 21.1. The van der Waals surface area contributed by atoms with Crippen LogP contribution in [0.15, 0.2) is 137 Å². The topological polar surface area (TPSA) is 93.6 Å². The minimum absolute atomic E-state index is 0.141. The molecule has 8 heteroatoms. The van der Waals surface area contributed by atoms with Gasteiger partial charge in [-0.2, -0.15) is 5.26 Å². The molecule has 8 rings (SSSR count). The molecule has 0 spiro atoms. The van der Waals surface area contributed by atoms with Gasteiger partial charge in [0.05, 0.1) is 43.4 Å². The third-order valence-electron chi connectivity index (χ3n) is 7.89. The maximum absolute atomic E-state index is 13.4. The zero-order valence-corrected chi connectivity index (χ0v) is 23.4. The van der Waals surface area contributed by atoms with E-state index in [2.05, 4.69) is 33.4 Å². The highest BCUT2D eigenvalue weighted by Crippen LogP contribution is 2.40. The van der Waals surface area contributed by atoms with Crippen LogP contribution < -0.4 is 0 Å². The summed E-state index contributed by atoms with van der Waals surface area (Å²) in [4.78, 5) is 0.314. The molecule has 0 saturated carbocycles. The van der Waals surface area contributed by atoms with Crippen molar-refractivity contribution in [1.29, 1.82) is 5.26 Å². The first-order valence-electron chi connectivity index (χ1n) is 13.7. The van der Waals surface area contributed by atoms with Gasteiger partial charge in [0.25, 0.3) is 0 Å². The lowest BCUT2D eigenvalue weighted by atomic mass is 10.1. The predicted molar refractivity (Wildman–Crippen MR) is 167 cm³/mol. The molecule has 0 unspecified atom stereocenters. The van der Waals surface area contributed by atoms with Crippen LogP contribution in [0.3, 0.4) is 0 Å². The normalized spacial score (nSPS) is 11.9. The quantitative estimate of drug-likeness (QED) is 0.218. The first-order valence-corrected chi connectivity index (χ1v) is 15.1. The lowest BCUT2D eigenvalue weighted by Gasteiger charge is -2.10. The van der Waals surface area contributed by atoms with E-state index in [1.54, 1.807) is 12.1 Å². The minimum Gasteiger partial charge on any atom is -0.307 e. The molecule has 0 aliphatic heterocycles. The lowest BCUT2D eigenvalue weighted by Crippen LogP contribution is -2.03. The average Bonchev–Trinajstić information content (AvgIpc) is 3.58. The number of fused-ring (bicyclic) bond motifs is 7. The van der Waals surface area contributed by atoms with E-state index in [1.165, 1.54) is 24.3 Å². The maximum Gasteiger partial charge on any atom is 0.206 e. The number of nitriles is 1. The third kappa shape index (κ3) is 3.69. The van der Waals surface area contributed by atoms with Crippen LogP contribution in [0.4, 0.5) is 0 Å². The van der Waals surface area contributed by atoms with Gasteiger partial charge < -0.3 is 4.57 Å². The van der Waals surface area contributed by atoms with Crippen LogP contribution in [0.2, 0.25) is 0 Å². The Kier molecular flexibility index (Phi) is 5.45. The Bertz CT molecular complexity index is 2510. The van der Waals surface area contributed by atoms with Gasteiger partial charge >= 0.3 is 0 Å². The second kappa shape index (κ2) is 9.38. The van der Waals surface area contributed by atoms with E-state index < -0.39 is 9.84 Å². The number of rotatable bonds is 4. The average molecular weight is 576 g/mol. The highest BCUT2D eigenvalue weighted by molar-refractivity contribution is 7.91. The molecule has 3 heterocycles. The zero-order valence-electron chi connectivity index (χ0n) is 22.6. The maximum atomic E-state index is 13.4. The summed E-state index contributed by atoms with van der Waals surface area (Å²) < 4.78 is 31.1. The molecule has 8 aromatic rings. The van der Waals surface area contributed by atoms with Crippen LogP contribution in [-0.2, 0) is 9.84 Å². The van der Waals surface area contributed by atoms with Crippen molar-refractivity contribution in [2.45, 2.75) is 9.79 Å². The Hall–Kier alpha value is -5.78. The number of benzene rings is 5. The fourth-order valence-electron chi connectivity index (χ4n) is 5.93. The number of hydrogen-bond acceptors (Lipinski definition) is 5. The van der Waals surface area contributed by atoms with Crippen LogP contribution >= 0.6 is 0 Å². The summed E-state index contributed by atoms with van der Waals surface area (Å²) in [5, 5.41) is 21.6. The van der Waals surface area contributed by atoms with Gasteiger partial charge in [-0.1, -0.05) is 54.6 Å². The number of aromatic nitrogens is 4. The van der Waals surface area contributed by atoms with Crippen molar-refractivity contribution < 1.29 is 8.42 Å². The summed E-state index contributed by atoms with van der Waals surface area (Å²) in [6.07, 6.45) is 0. The van der Waals surface area contributed by atoms with Crippen molar-refractivity contribution in [3.05, 3.63) is 133 Å². The second-order valence-electron chi connectivity index (χ2n) is 10.3. The molecule has 7 nitrogen and oxygen atoms in total. The molecule has 0 aliphatic rings. The third-order valence-corrected chi connectivity index (χ3v) is 9.68. The Morgan fingerprint density at radius 2 is 1.14 bits per heavy atom. The van der Waals surface area contributed by atoms with E-state index in [1.807, 2.05) is 72.8 Å². The summed E-state index contributed by atoms with van der Waals surface area (Å²) >= 11 is 0. The highest BCUT2D eigenvalue weighted by Gasteiger charge is 2.23. The number of nitrogens with zero attached hydrogens (tertiary/aromatic N) is 5. The molecule has 0 radical (unpaired) electrons. The monoisotopic (exact) mass is 575 g/mol. The van der Waals surface area contributed by atoms with E-state index in [9.17, 15) is 8.42 Å². The van der Waals surface area contributed by atoms with Crippen molar-refractivity contribution in [3.8, 4) is 17.4 Å². The number of hydrogen-bond donors (Lipinski definition) is 0. The van der Waals surface area contributed by atoms with Crippen molar-refractivity contribution >= 4 is 53.7 Å². The number of sulfone groups is 1. The van der Waals surface area contributed by atoms with Crippen LogP contribution in [-0.4, -0.2) is 27.7 Å².